The SMILES string of the molecule is Nc1ccc(C(=O)N2CCCC3C(=O)NCC32)cc1O. The fourth-order valence-corrected chi connectivity index (χ4v) is 3.05. The summed E-state index contributed by atoms with van der Waals surface area (Å²) in [5, 5.41) is 12.4. The molecule has 1 aromatic rings. The highest BCUT2D eigenvalue weighted by Gasteiger charge is 2.42. The van der Waals surface area contributed by atoms with E-state index in [4.69, 9.17) is 5.73 Å². The summed E-state index contributed by atoms with van der Waals surface area (Å²) in [6.07, 6.45) is 1.65. The molecular formula is C14H17N3O3. The van der Waals surface area contributed by atoms with Crippen molar-refractivity contribution in [3.8, 4) is 5.75 Å². The van der Waals surface area contributed by atoms with Crippen LogP contribution in [0.5, 0.6) is 5.75 Å². The largest absolute Gasteiger partial charge is 0.506 e. The first-order chi connectivity index (χ1) is 9.58. The zero-order chi connectivity index (χ0) is 14.3. The van der Waals surface area contributed by atoms with E-state index in [0.717, 1.165) is 12.8 Å². The van der Waals surface area contributed by atoms with Crippen molar-refractivity contribution < 1.29 is 14.7 Å². The average molecular weight is 275 g/mol. The van der Waals surface area contributed by atoms with E-state index < -0.39 is 0 Å². The number of hydrogen-bond acceptors (Lipinski definition) is 4. The molecule has 0 radical (unpaired) electrons. The number of nitrogens with one attached hydrogen (secondary N) is 1. The molecule has 2 aliphatic rings. The minimum atomic E-state index is -0.161. The summed E-state index contributed by atoms with van der Waals surface area (Å²) in [4.78, 5) is 26.0. The number of anilines is 1. The van der Waals surface area contributed by atoms with Crippen molar-refractivity contribution in [3.63, 3.8) is 0 Å². The maximum Gasteiger partial charge on any atom is 0.254 e. The third kappa shape index (κ3) is 1.97. The lowest BCUT2D eigenvalue weighted by Crippen LogP contribution is -2.48. The van der Waals surface area contributed by atoms with Gasteiger partial charge in [0.05, 0.1) is 17.6 Å². The van der Waals surface area contributed by atoms with Gasteiger partial charge in [-0.1, -0.05) is 0 Å². The monoisotopic (exact) mass is 275 g/mol. The molecule has 1 aromatic carbocycles. The average Bonchev–Trinajstić information content (AvgIpc) is 2.83. The van der Waals surface area contributed by atoms with Crippen molar-refractivity contribution in [1.82, 2.24) is 10.2 Å². The van der Waals surface area contributed by atoms with Crippen LogP contribution in [0.15, 0.2) is 18.2 Å². The number of nitrogens with two attached hydrogens (primary N) is 1. The summed E-state index contributed by atoms with van der Waals surface area (Å²) in [5.41, 5.74) is 6.19. The number of carbonyl (C=O) groups excluding carboxylic acids is 2. The van der Waals surface area contributed by atoms with Gasteiger partial charge in [0.15, 0.2) is 0 Å². The van der Waals surface area contributed by atoms with Crippen LogP contribution >= 0.6 is 0 Å². The fraction of sp³-hybridized carbons (Fsp3) is 0.429. The Kier molecular flexibility index (Phi) is 3.00. The number of nitrogens with zero attached hydrogens (tertiary/aromatic N) is 1. The smallest absolute Gasteiger partial charge is 0.254 e. The predicted molar refractivity (Wildman–Crippen MR) is 73.1 cm³/mol. The van der Waals surface area contributed by atoms with Gasteiger partial charge in [-0.15, -0.1) is 0 Å². The number of phenols is 1. The van der Waals surface area contributed by atoms with E-state index in [1.807, 2.05) is 0 Å². The van der Waals surface area contributed by atoms with E-state index in [0.29, 0.717) is 18.7 Å². The number of piperidine rings is 1. The Balaban J connectivity index is 1.86. The molecule has 2 fully saturated rings. The quantitative estimate of drug-likeness (QED) is 0.508. The molecule has 106 valence electrons. The molecule has 4 N–H and O–H groups in total. The first-order valence-electron chi connectivity index (χ1n) is 6.75. The van der Waals surface area contributed by atoms with Crippen LogP contribution in [-0.4, -0.2) is 41.0 Å². The molecule has 2 atom stereocenters. The molecule has 2 amide bonds. The molecular weight excluding hydrogens is 258 g/mol. The highest BCUT2D eigenvalue weighted by molar-refractivity contribution is 5.96. The third-order valence-electron chi connectivity index (χ3n) is 4.14. The predicted octanol–water partition coefficient (Wildman–Crippen LogP) is 0.325. The zero-order valence-corrected chi connectivity index (χ0v) is 11.0. The molecule has 0 saturated carbocycles. The van der Waals surface area contributed by atoms with Crippen LogP contribution in [0.4, 0.5) is 5.69 Å². The van der Waals surface area contributed by atoms with Gasteiger partial charge in [0.2, 0.25) is 5.91 Å². The Morgan fingerprint density at radius 3 is 3.00 bits per heavy atom. The lowest BCUT2D eigenvalue weighted by molar-refractivity contribution is -0.123. The molecule has 6 nitrogen and oxygen atoms in total. The van der Waals surface area contributed by atoms with Gasteiger partial charge in [0, 0.05) is 18.7 Å². The highest BCUT2D eigenvalue weighted by atomic mass is 16.3. The molecule has 20 heavy (non-hydrogen) atoms. The van der Waals surface area contributed by atoms with E-state index in [2.05, 4.69) is 5.32 Å². The lowest BCUT2D eigenvalue weighted by Gasteiger charge is -2.36. The van der Waals surface area contributed by atoms with Gasteiger partial charge in [-0.05, 0) is 31.0 Å². The maximum absolute atomic E-state index is 12.5. The Hall–Kier alpha value is -2.24. The van der Waals surface area contributed by atoms with E-state index in [1.54, 1.807) is 11.0 Å². The summed E-state index contributed by atoms with van der Waals surface area (Å²) >= 11 is 0. The standard InChI is InChI=1S/C14H17N3O3/c15-10-4-3-8(6-12(10)18)14(20)17-5-1-2-9-11(17)7-16-13(9)19/h3-4,6,9,11,18H,1-2,5,7,15H2,(H,16,19). The van der Waals surface area contributed by atoms with Crippen molar-refractivity contribution in [3.05, 3.63) is 23.8 Å². The first-order valence-corrected chi connectivity index (χ1v) is 6.75. The van der Waals surface area contributed by atoms with Crippen LogP contribution < -0.4 is 11.1 Å². The second-order valence-corrected chi connectivity index (χ2v) is 5.33. The van der Waals surface area contributed by atoms with Crippen LogP contribution in [0.2, 0.25) is 0 Å². The fourth-order valence-electron chi connectivity index (χ4n) is 3.05. The number of phenolic OH excluding ortho intramolecular Hbond substituents is 1. The number of nitrogen functional groups attached to an aromatic ring is 1. The lowest BCUT2D eigenvalue weighted by atomic mass is 9.91. The number of carbonyl (C=O) groups is 2. The van der Waals surface area contributed by atoms with Gasteiger partial charge in [-0.2, -0.15) is 0 Å². The van der Waals surface area contributed by atoms with E-state index in [1.165, 1.54) is 12.1 Å². The van der Waals surface area contributed by atoms with Crippen molar-refractivity contribution >= 4 is 17.5 Å². The number of aromatic hydroxyl groups is 1. The number of likely N-dealkylation sites (tertiary alicyclic amines) is 1. The van der Waals surface area contributed by atoms with Crippen molar-refractivity contribution in [2.24, 2.45) is 5.92 Å². The second kappa shape index (κ2) is 4.70. The van der Waals surface area contributed by atoms with Gasteiger partial charge >= 0.3 is 0 Å². The third-order valence-corrected chi connectivity index (χ3v) is 4.14. The summed E-state index contributed by atoms with van der Waals surface area (Å²) < 4.78 is 0. The van der Waals surface area contributed by atoms with Crippen molar-refractivity contribution in [1.29, 1.82) is 0 Å². The normalized spacial score (nSPS) is 25.2. The van der Waals surface area contributed by atoms with Crippen LogP contribution in [0.3, 0.4) is 0 Å². The number of fused-ring (bicyclic) bond motifs is 1. The topological polar surface area (TPSA) is 95.7 Å². The number of benzene rings is 1. The molecule has 2 unspecified atom stereocenters. The summed E-state index contributed by atoms with van der Waals surface area (Å²) in [6.45, 7) is 1.15. The Labute approximate surface area is 116 Å². The van der Waals surface area contributed by atoms with Crippen LogP contribution in [0.1, 0.15) is 23.2 Å². The molecule has 0 aromatic heterocycles. The maximum atomic E-state index is 12.5. The highest BCUT2D eigenvalue weighted by Crippen LogP contribution is 2.29. The Bertz CT molecular complexity index is 573. The molecule has 0 bridgehead atoms. The molecule has 2 heterocycles. The van der Waals surface area contributed by atoms with Gasteiger partial charge in [-0.3, -0.25) is 9.59 Å². The van der Waals surface area contributed by atoms with Crippen LogP contribution in [-0.2, 0) is 4.79 Å². The van der Waals surface area contributed by atoms with E-state index >= 15 is 0 Å². The van der Waals surface area contributed by atoms with Gasteiger partial charge in [0.1, 0.15) is 5.75 Å². The molecule has 0 aliphatic carbocycles. The molecule has 2 aliphatic heterocycles. The molecule has 0 spiro atoms. The molecule has 6 heteroatoms. The zero-order valence-electron chi connectivity index (χ0n) is 11.0. The van der Waals surface area contributed by atoms with E-state index in [9.17, 15) is 14.7 Å². The minimum Gasteiger partial charge on any atom is -0.506 e. The van der Waals surface area contributed by atoms with Crippen molar-refractivity contribution in [2.45, 2.75) is 18.9 Å². The Morgan fingerprint density at radius 1 is 1.45 bits per heavy atom. The Morgan fingerprint density at radius 2 is 2.25 bits per heavy atom. The molecule has 2 saturated heterocycles. The van der Waals surface area contributed by atoms with Gasteiger partial charge < -0.3 is 21.1 Å². The second-order valence-electron chi connectivity index (χ2n) is 5.33. The van der Waals surface area contributed by atoms with Crippen LogP contribution in [0, 0.1) is 5.92 Å². The number of rotatable bonds is 1. The molecule has 3 rings (SSSR count). The van der Waals surface area contributed by atoms with E-state index in [-0.39, 0.29) is 35.2 Å². The number of hydrogen-bond donors (Lipinski definition) is 3. The summed E-state index contributed by atoms with van der Waals surface area (Å²) in [7, 11) is 0. The first kappa shape index (κ1) is 12.8. The van der Waals surface area contributed by atoms with Gasteiger partial charge in [0.25, 0.3) is 5.91 Å². The summed E-state index contributed by atoms with van der Waals surface area (Å²) in [5.74, 6) is -0.320. The van der Waals surface area contributed by atoms with Gasteiger partial charge in [-0.25, -0.2) is 0 Å². The van der Waals surface area contributed by atoms with Crippen molar-refractivity contribution in [2.75, 3.05) is 18.8 Å². The minimum absolute atomic E-state index is 0.0349. The number of amides is 2. The van der Waals surface area contributed by atoms with Crippen LogP contribution in [0.25, 0.3) is 0 Å². The summed E-state index contributed by atoms with van der Waals surface area (Å²) in [6, 6.07) is 4.42.